The van der Waals surface area contributed by atoms with Crippen molar-refractivity contribution < 1.29 is 30.3 Å². The molecular weight excluding hydrogens is 1150 g/mol. The first-order valence-electron chi connectivity index (χ1n) is 25.9. The second-order valence-corrected chi connectivity index (χ2v) is 31.7. The number of nitrogens with zero attached hydrogens (tertiary/aromatic N) is 4. The standard InChI is InChI=1S/C43H35N2O.C23H25GeN2O.Ir/c1-27(2)36-24-32(30-16-9-6-10-17-30)25-37(28(3)4)41(36)45-39-21-12-11-20-38(39)44-43(45)35-19-13-18-34-33-23-22-31(26-40(33)46-42(34)35)29-14-7-5-8-15-29;1-14(2)19-12-21(25-13-20(19)24(4,5)6)18-9-7-8-16-17-11-10-15(3)26-23(17)27-22(16)18;/h5-18,20-28H,1-4H3;7-8,10-14H,1-6H3;/q2*-1;/i;14D;. The van der Waals surface area contributed by atoms with Crippen molar-refractivity contribution in [3.63, 3.8) is 0 Å². The van der Waals surface area contributed by atoms with E-state index in [-0.39, 0.29) is 31.9 Å². The minimum atomic E-state index is -2.16. The molecule has 0 aliphatic heterocycles. The van der Waals surface area contributed by atoms with Crippen LogP contribution in [0.15, 0.2) is 173 Å². The van der Waals surface area contributed by atoms with E-state index in [1.54, 1.807) is 0 Å². The number of fused-ring (bicyclic) bond motifs is 7. The van der Waals surface area contributed by atoms with Crippen LogP contribution in [0.1, 0.15) is 83.0 Å². The summed E-state index contributed by atoms with van der Waals surface area (Å²) in [7, 11) is 0. The number of imidazole rings is 1. The number of rotatable bonds is 9. The number of pyridine rings is 2. The first-order chi connectivity index (χ1) is 35.5. The second kappa shape index (κ2) is 20.4. The first kappa shape index (κ1) is 49.3. The van der Waals surface area contributed by atoms with Gasteiger partial charge >= 0.3 is 165 Å². The van der Waals surface area contributed by atoms with Gasteiger partial charge in [0.05, 0.1) is 22.4 Å². The number of para-hydroxylation sites is 2. The van der Waals surface area contributed by atoms with Crippen LogP contribution in [0.2, 0.25) is 17.3 Å². The molecule has 0 aliphatic carbocycles. The Labute approximate surface area is 452 Å². The summed E-state index contributed by atoms with van der Waals surface area (Å²) < 4.78 is 25.2. The van der Waals surface area contributed by atoms with Gasteiger partial charge in [0.2, 0.25) is 0 Å². The van der Waals surface area contributed by atoms with Crippen LogP contribution in [0.25, 0.3) is 106 Å². The number of aryl methyl sites for hydroxylation is 1. The van der Waals surface area contributed by atoms with E-state index in [1.807, 2.05) is 57.3 Å². The molecular formula is C66H60GeIrN4O2-2. The Balaban J connectivity index is 0.000000190. The van der Waals surface area contributed by atoms with Gasteiger partial charge in [-0.15, -0.1) is 18.2 Å². The zero-order chi connectivity index (χ0) is 51.6. The predicted octanol–water partition coefficient (Wildman–Crippen LogP) is 17.8. The molecule has 0 spiro atoms. The molecule has 0 amide bonds. The molecule has 8 heteroatoms. The maximum atomic E-state index is 8.69. The van der Waals surface area contributed by atoms with E-state index in [4.69, 9.17) is 20.2 Å². The van der Waals surface area contributed by atoms with Crippen molar-refractivity contribution in [1.29, 1.82) is 0 Å². The molecule has 1 radical (unpaired) electrons. The Morgan fingerprint density at radius 1 is 0.568 bits per heavy atom. The van der Waals surface area contributed by atoms with E-state index in [0.29, 0.717) is 5.71 Å². The summed E-state index contributed by atoms with van der Waals surface area (Å²) in [6.45, 7) is 15.0. The zero-order valence-electron chi connectivity index (χ0n) is 44.7. The molecule has 0 saturated carbocycles. The molecule has 74 heavy (non-hydrogen) atoms. The average molecular weight is 1210 g/mol. The summed E-state index contributed by atoms with van der Waals surface area (Å²) in [5, 5.41) is 4.17. The minimum absolute atomic E-state index is 0. The molecule has 6 nitrogen and oxygen atoms in total. The number of furan rings is 2. The third-order valence-corrected chi connectivity index (χ3v) is 18.2. The molecule has 7 aromatic carbocycles. The fourth-order valence-electron chi connectivity index (χ4n) is 10.3. The van der Waals surface area contributed by atoms with E-state index < -0.39 is 19.2 Å². The Morgan fingerprint density at radius 3 is 1.81 bits per heavy atom. The molecule has 371 valence electrons. The summed E-state index contributed by atoms with van der Waals surface area (Å²) in [6.07, 6.45) is 1.98. The van der Waals surface area contributed by atoms with Gasteiger partial charge in [0.1, 0.15) is 5.58 Å². The third kappa shape index (κ3) is 9.35. The normalized spacial score (nSPS) is 12.2. The Morgan fingerprint density at radius 2 is 1.16 bits per heavy atom. The molecule has 5 aromatic heterocycles. The molecule has 0 N–H and O–H groups in total. The quantitative estimate of drug-likeness (QED) is 0.106. The van der Waals surface area contributed by atoms with Crippen molar-refractivity contribution >= 4 is 72.7 Å². The van der Waals surface area contributed by atoms with Crippen molar-refractivity contribution in [3.05, 3.63) is 198 Å². The van der Waals surface area contributed by atoms with Gasteiger partial charge in [0.15, 0.2) is 0 Å². The van der Waals surface area contributed by atoms with Crippen molar-refractivity contribution in [2.75, 3.05) is 0 Å². The number of hydrogen-bond donors (Lipinski definition) is 0. The van der Waals surface area contributed by atoms with Crippen LogP contribution in [-0.2, 0) is 20.1 Å². The van der Waals surface area contributed by atoms with Gasteiger partial charge in [-0.05, 0) is 75.5 Å². The van der Waals surface area contributed by atoms with Crippen LogP contribution in [0.4, 0.5) is 0 Å². The van der Waals surface area contributed by atoms with Crippen LogP contribution in [-0.4, -0.2) is 32.8 Å². The third-order valence-electron chi connectivity index (χ3n) is 14.0. The number of aromatic nitrogens is 4. The van der Waals surface area contributed by atoms with Crippen molar-refractivity contribution in [2.45, 2.75) is 83.5 Å². The van der Waals surface area contributed by atoms with Crippen molar-refractivity contribution in [1.82, 2.24) is 19.5 Å². The largest absolute Gasteiger partial charge is 0 e. The molecule has 12 rings (SSSR count). The van der Waals surface area contributed by atoms with Crippen molar-refractivity contribution in [2.24, 2.45) is 0 Å². The minimum Gasteiger partial charge on any atom is 0 e. The van der Waals surface area contributed by atoms with Gasteiger partial charge in [-0.25, -0.2) is 0 Å². The molecule has 0 fully saturated rings. The van der Waals surface area contributed by atoms with Crippen LogP contribution in [0, 0.1) is 19.1 Å². The van der Waals surface area contributed by atoms with E-state index in [0.717, 1.165) is 88.8 Å². The van der Waals surface area contributed by atoms with E-state index in [2.05, 4.69) is 194 Å². The Bertz CT molecular complexity index is 4040. The summed E-state index contributed by atoms with van der Waals surface area (Å²) in [5.74, 6) is 7.74. The molecule has 0 aliphatic rings. The van der Waals surface area contributed by atoms with Gasteiger partial charge in [-0.3, -0.25) is 4.98 Å². The Hall–Kier alpha value is -6.90. The molecule has 5 heterocycles. The molecule has 0 bridgehead atoms. The second-order valence-electron chi connectivity index (χ2n) is 21.1. The van der Waals surface area contributed by atoms with Gasteiger partial charge in [-0.1, -0.05) is 124 Å². The van der Waals surface area contributed by atoms with E-state index in [9.17, 15) is 0 Å². The zero-order valence-corrected chi connectivity index (χ0v) is 48.2. The first-order valence-corrected chi connectivity index (χ1v) is 32.7. The van der Waals surface area contributed by atoms with E-state index >= 15 is 0 Å². The monoisotopic (exact) mass is 1210 g/mol. The fourth-order valence-corrected chi connectivity index (χ4v) is 13.6. The molecule has 0 atom stereocenters. The van der Waals surface area contributed by atoms with Crippen LogP contribution in [0.3, 0.4) is 0 Å². The van der Waals surface area contributed by atoms with Crippen molar-refractivity contribution in [3.8, 4) is 50.6 Å². The smallest absolute Gasteiger partial charge is 0 e. The summed E-state index contributed by atoms with van der Waals surface area (Å²) in [4.78, 5) is 14.6. The van der Waals surface area contributed by atoms with Gasteiger partial charge in [0, 0.05) is 31.2 Å². The Kier molecular flexibility index (Phi) is 13.6. The molecule has 0 saturated heterocycles. The van der Waals surface area contributed by atoms with Crippen LogP contribution >= 0.6 is 0 Å². The maximum Gasteiger partial charge on any atom is 0 e. The van der Waals surface area contributed by atoms with Gasteiger partial charge in [0.25, 0.3) is 0 Å². The summed E-state index contributed by atoms with van der Waals surface area (Å²) in [5.41, 5.74) is 18.1. The average Bonchev–Trinajstić information content (AvgIpc) is 4.11. The number of hydrogen-bond acceptors (Lipinski definition) is 5. The number of benzene rings is 7. The molecule has 0 unspecified atom stereocenters. The van der Waals surface area contributed by atoms with Gasteiger partial charge < -0.3 is 8.98 Å². The maximum absolute atomic E-state index is 8.69. The van der Waals surface area contributed by atoms with Crippen LogP contribution < -0.4 is 4.40 Å². The van der Waals surface area contributed by atoms with E-state index in [1.165, 1.54) is 37.9 Å². The fraction of sp³-hybridized carbons (Fsp3) is 0.197. The van der Waals surface area contributed by atoms with Gasteiger partial charge in [-0.2, -0.15) is 0 Å². The molecule has 12 aromatic rings. The SMILES string of the molecule is CC(C)c1cc(-c2ccccc2)cc(C(C)C)c1-n1c(-c2[c-]ccc3c2oc2cc(-c4ccccc4)ccc23)nc2ccccc21.[2H]C(C)(C)c1cc(-c2[c-]ccc3c2oc2nc(C)ccc23)nc[c]1[Ge]([CH3])([CH3])[CH3].[Ir]. The van der Waals surface area contributed by atoms with Crippen LogP contribution in [0.5, 0.6) is 0 Å². The summed E-state index contributed by atoms with van der Waals surface area (Å²) in [6, 6.07) is 61.8. The predicted molar refractivity (Wildman–Crippen MR) is 307 cm³/mol. The topological polar surface area (TPSA) is 69.9 Å². The summed E-state index contributed by atoms with van der Waals surface area (Å²) >= 11 is -2.16.